The molecule has 4 rings (SSSR count). The minimum atomic E-state index is 0.304. The lowest BCUT2D eigenvalue weighted by atomic mass is 9.99. The van der Waals surface area contributed by atoms with Crippen LogP contribution in [-0.4, -0.2) is 38.1 Å². The van der Waals surface area contributed by atoms with Crippen molar-refractivity contribution < 1.29 is 4.52 Å². The summed E-state index contributed by atoms with van der Waals surface area (Å²) in [5.74, 6) is 1.50. The lowest BCUT2D eigenvalue weighted by Gasteiger charge is -2.37. The molecule has 1 aliphatic heterocycles. The van der Waals surface area contributed by atoms with Crippen molar-refractivity contribution in [3.05, 3.63) is 59.9 Å². The second-order valence-corrected chi connectivity index (χ2v) is 6.11. The third-order valence-electron chi connectivity index (χ3n) is 4.38. The summed E-state index contributed by atoms with van der Waals surface area (Å²) in [7, 11) is 0. The van der Waals surface area contributed by atoms with E-state index in [1.165, 1.54) is 11.1 Å². The standard InChI is InChI=1S/C18H19N5O/c1-2-13-3-5-14(6-4-13)10-23-11-15(12-23)18-21-17(22-24-18)16-9-19-7-8-20-16/h3-9,15H,2,10-12H2,1H3. The molecular weight excluding hydrogens is 302 g/mol. The average Bonchev–Trinajstić information content (AvgIpc) is 3.08. The van der Waals surface area contributed by atoms with Crippen LogP contribution >= 0.6 is 0 Å². The van der Waals surface area contributed by atoms with Gasteiger partial charge in [0.15, 0.2) is 0 Å². The maximum Gasteiger partial charge on any atom is 0.232 e. The Hall–Kier alpha value is -2.60. The lowest BCUT2D eigenvalue weighted by molar-refractivity contribution is 0.117. The number of aryl methyl sites for hydroxylation is 1. The van der Waals surface area contributed by atoms with E-state index in [1.807, 2.05) is 0 Å². The molecule has 24 heavy (non-hydrogen) atoms. The number of aromatic nitrogens is 4. The molecule has 0 atom stereocenters. The van der Waals surface area contributed by atoms with E-state index in [2.05, 4.69) is 56.2 Å². The quantitative estimate of drug-likeness (QED) is 0.720. The number of hydrogen-bond donors (Lipinski definition) is 0. The highest BCUT2D eigenvalue weighted by molar-refractivity contribution is 5.45. The van der Waals surface area contributed by atoms with E-state index in [4.69, 9.17) is 4.52 Å². The molecule has 0 unspecified atom stereocenters. The van der Waals surface area contributed by atoms with Gasteiger partial charge in [0.05, 0.1) is 12.1 Å². The molecule has 1 fully saturated rings. The largest absolute Gasteiger partial charge is 0.339 e. The Bertz CT molecular complexity index is 794. The van der Waals surface area contributed by atoms with Gasteiger partial charge in [0.2, 0.25) is 11.7 Å². The predicted molar refractivity (Wildman–Crippen MR) is 89.2 cm³/mol. The summed E-state index contributed by atoms with van der Waals surface area (Å²) in [6.45, 7) is 5.02. The monoisotopic (exact) mass is 321 g/mol. The number of benzene rings is 1. The van der Waals surface area contributed by atoms with Gasteiger partial charge in [0.1, 0.15) is 5.69 Å². The fourth-order valence-electron chi connectivity index (χ4n) is 2.91. The maximum atomic E-state index is 5.40. The first-order valence-electron chi connectivity index (χ1n) is 8.22. The van der Waals surface area contributed by atoms with Crippen molar-refractivity contribution in [3.8, 4) is 11.5 Å². The van der Waals surface area contributed by atoms with Crippen molar-refractivity contribution in [2.45, 2.75) is 25.8 Å². The zero-order valence-electron chi connectivity index (χ0n) is 13.6. The molecule has 0 bridgehead atoms. The minimum absolute atomic E-state index is 0.304. The van der Waals surface area contributed by atoms with Crippen LogP contribution < -0.4 is 0 Å². The van der Waals surface area contributed by atoms with E-state index in [1.54, 1.807) is 18.6 Å². The zero-order chi connectivity index (χ0) is 16.4. The summed E-state index contributed by atoms with van der Waals surface area (Å²) in [5, 5.41) is 4.01. The third kappa shape index (κ3) is 3.05. The van der Waals surface area contributed by atoms with E-state index in [-0.39, 0.29) is 0 Å². The van der Waals surface area contributed by atoms with Crippen molar-refractivity contribution in [1.29, 1.82) is 0 Å². The van der Waals surface area contributed by atoms with Crippen LogP contribution in [-0.2, 0) is 13.0 Å². The first kappa shape index (κ1) is 15.0. The summed E-state index contributed by atoms with van der Waals surface area (Å²) in [5.41, 5.74) is 3.36. The molecule has 1 saturated heterocycles. The minimum Gasteiger partial charge on any atom is -0.339 e. The Kier molecular flexibility index (Phi) is 4.04. The van der Waals surface area contributed by atoms with Gasteiger partial charge in [-0.3, -0.25) is 9.88 Å². The second kappa shape index (κ2) is 6.49. The predicted octanol–water partition coefficient (Wildman–Crippen LogP) is 2.69. The lowest BCUT2D eigenvalue weighted by Crippen LogP contribution is -2.44. The van der Waals surface area contributed by atoms with Crippen molar-refractivity contribution >= 4 is 0 Å². The average molecular weight is 321 g/mol. The molecule has 0 radical (unpaired) electrons. The summed E-state index contributed by atoms with van der Waals surface area (Å²) in [4.78, 5) is 15.1. The normalized spacial score (nSPS) is 15.4. The van der Waals surface area contributed by atoms with Gasteiger partial charge in [-0.05, 0) is 17.5 Å². The van der Waals surface area contributed by atoms with Gasteiger partial charge in [-0.1, -0.05) is 36.3 Å². The van der Waals surface area contributed by atoms with Crippen LogP contribution in [0, 0.1) is 0 Å². The van der Waals surface area contributed by atoms with Gasteiger partial charge in [0, 0.05) is 32.0 Å². The molecule has 1 aliphatic rings. The Morgan fingerprint density at radius 3 is 2.62 bits per heavy atom. The number of nitrogens with zero attached hydrogens (tertiary/aromatic N) is 5. The molecule has 0 amide bonds. The molecule has 0 spiro atoms. The summed E-state index contributed by atoms with van der Waals surface area (Å²) in [6.07, 6.45) is 5.97. The highest BCUT2D eigenvalue weighted by Gasteiger charge is 2.32. The molecule has 6 nitrogen and oxygen atoms in total. The highest BCUT2D eigenvalue weighted by atomic mass is 16.5. The topological polar surface area (TPSA) is 67.9 Å². The SMILES string of the molecule is CCc1ccc(CN2CC(c3nc(-c4cnccn4)no3)C2)cc1. The molecule has 1 aromatic carbocycles. The Balaban J connectivity index is 1.35. The molecule has 3 aromatic rings. The van der Waals surface area contributed by atoms with Gasteiger partial charge in [-0.2, -0.15) is 4.98 Å². The number of rotatable bonds is 5. The van der Waals surface area contributed by atoms with Crippen LogP contribution in [0.25, 0.3) is 11.5 Å². The van der Waals surface area contributed by atoms with Crippen molar-refractivity contribution in [2.75, 3.05) is 13.1 Å². The molecule has 0 N–H and O–H groups in total. The summed E-state index contributed by atoms with van der Waals surface area (Å²) < 4.78 is 5.40. The molecule has 0 saturated carbocycles. The Morgan fingerprint density at radius 1 is 1.12 bits per heavy atom. The van der Waals surface area contributed by atoms with Gasteiger partial charge < -0.3 is 4.52 Å². The maximum absolute atomic E-state index is 5.40. The van der Waals surface area contributed by atoms with E-state index >= 15 is 0 Å². The smallest absolute Gasteiger partial charge is 0.232 e. The molecule has 3 heterocycles. The van der Waals surface area contributed by atoms with Crippen LogP contribution in [0.4, 0.5) is 0 Å². The number of hydrogen-bond acceptors (Lipinski definition) is 6. The molecule has 122 valence electrons. The fourth-order valence-corrected chi connectivity index (χ4v) is 2.91. The Morgan fingerprint density at radius 2 is 1.92 bits per heavy atom. The Labute approximate surface area is 140 Å². The van der Waals surface area contributed by atoms with Crippen LogP contribution in [0.3, 0.4) is 0 Å². The molecule has 6 heteroatoms. The van der Waals surface area contributed by atoms with Crippen LogP contribution in [0.15, 0.2) is 47.4 Å². The highest BCUT2D eigenvalue weighted by Crippen LogP contribution is 2.28. The molecule has 0 aliphatic carbocycles. The summed E-state index contributed by atoms with van der Waals surface area (Å²) in [6, 6.07) is 8.84. The van der Waals surface area contributed by atoms with Gasteiger partial charge in [-0.25, -0.2) is 4.98 Å². The first-order valence-corrected chi connectivity index (χ1v) is 8.22. The van der Waals surface area contributed by atoms with E-state index in [0.717, 1.165) is 26.1 Å². The second-order valence-electron chi connectivity index (χ2n) is 6.11. The van der Waals surface area contributed by atoms with Crippen LogP contribution in [0.5, 0.6) is 0 Å². The van der Waals surface area contributed by atoms with E-state index < -0.39 is 0 Å². The van der Waals surface area contributed by atoms with Gasteiger partial charge >= 0.3 is 0 Å². The van der Waals surface area contributed by atoms with Crippen molar-refractivity contribution in [1.82, 2.24) is 25.0 Å². The van der Waals surface area contributed by atoms with E-state index in [9.17, 15) is 0 Å². The van der Waals surface area contributed by atoms with E-state index in [0.29, 0.717) is 23.3 Å². The summed E-state index contributed by atoms with van der Waals surface area (Å²) >= 11 is 0. The van der Waals surface area contributed by atoms with Gasteiger partial charge in [-0.15, -0.1) is 0 Å². The fraction of sp³-hybridized carbons (Fsp3) is 0.333. The van der Waals surface area contributed by atoms with Crippen LogP contribution in [0.1, 0.15) is 29.9 Å². The molecule has 2 aromatic heterocycles. The van der Waals surface area contributed by atoms with Crippen molar-refractivity contribution in [3.63, 3.8) is 0 Å². The van der Waals surface area contributed by atoms with Crippen molar-refractivity contribution in [2.24, 2.45) is 0 Å². The third-order valence-corrected chi connectivity index (χ3v) is 4.38. The molecular formula is C18H19N5O. The first-order chi connectivity index (χ1) is 11.8. The van der Waals surface area contributed by atoms with Gasteiger partial charge in [0.25, 0.3) is 0 Å². The van der Waals surface area contributed by atoms with Crippen LogP contribution in [0.2, 0.25) is 0 Å². The number of likely N-dealkylation sites (tertiary alicyclic amines) is 1. The zero-order valence-corrected chi connectivity index (χ0v) is 13.6.